The van der Waals surface area contributed by atoms with Crippen molar-refractivity contribution in [1.29, 1.82) is 0 Å². The molecule has 2 aliphatic rings. The van der Waals surface area contributed by atoms with Crippen LogP contribution in [0.15, 0.2) is 23.1 Å². The number of nitrogens with one attached hydrogen (secondary N) is 1. The number of piperidine rings is 2. The van der Waals surface area contributed by atoms with Gasteiger partial charge in [-0.15, -0.1) is 0 Å². The van der Waals surface area contributed by atoms with Crippen LogP contribution >= 0.6 is 0 Å². The summed E-state index contributed by atoms with van der Waals surface area (Å²) in [7, 11) is 1.34. The Balaban J connectivity index is 1.68. The lowest BCUT2D eigenvalue weighted by Gasteiger charge is -2.34. The molecular weight excluding hydrogens is 394 g/mol. The lowest BCUT2D eigenvalue weighted by Crippen LogP contribution is -2.49. The maximum absolute atomic E-state index is 13.1. The Kier molecular flexibility index (Phi) is 7.02. The fourth-order valence-corrected chi connectivity index (χ4v) is 5.51. The summed E-state index contributed by atoms with van der Waals surface area (Å²) < 4.78 is 38.1. The molecule has 0 bridgehead atoms. The van der Waals surface area contributed by atoms with Gasteiger partial charge < -0.3 is 19.7 Å². The van der Waals surface area contributed by atoms with Gasteiger partial charge in [0.15, 0.2) is 11.5 Å². The van der Waals surface area contributed by atoms with Crippen molar-refractivity contribution in [2.75, 3.05) is 47.4 Å². The van der Waals surface area contributed by atoms with Gasteiger partial charge in [-0.1, -0.05) is 0 Å². The standard InChI is InChI=1S/C20H31N3O5S/c1-22-11-8-16(9-12-22)21-20(24)15-5-4-10-23(14-15)29(25,26)17-6-7-18(27-2)19(13-17)28-3/h6-7,13,15-16H,4-5,8-12,14H2,1-3H3,(H,21,24)/t15-/m1/s1. The summed E-state index contributed by atoms with van der Waals surface area (Å²) in [5, 5.41) is 3.13. The molecule has 8 nitrogen and oxygen atoms in total. The van der Waals surface area contributed by atoms with Crippen LogP contribution in [0.2, 0.25) is 0 Å². The third-order valence-electron chi connectivity index (χ3n) is 5.81. The molecule has 2 saturated heterocycles. The number of sulfonamides is 1. The number of ether oxygens (including phenoxy) is 2. The number of benzene rings is 1. The maximum atomic E-state index is 13.1. The van der Waals surface area contributed by atoms with Crippen molar-refractivity contribution in [2.24, 2.45) is 5.92 Å². The van der Waals surface area contributed by atoms with Gasteiger partial charge in [0, 0.05) is 25.2 Å². The minimum Gasteiger partial charge on any atom is -0.493 e. The second-order valence-corrected chi connectivity index (χ2v) is 9.74. The molecule has 9 heteroatoms. The Morgan fingerprint density at radius 1 is 1.07 bits per heavy atom. The van der Waals surface area contributed by atoms with E-state index in [4.69, 9.17) is 9.47 Å². The molecule has 0 radical (unpaired) electrons. The van der Waals surface area contributed by atoms with Crippen molar-refractivity contribution >= 4 is 15.9 Å². The van der Waals surface area contributed by atoms with Crippen LogP contribution in [0.4, 0.5) is 0 Å². The molecule has 1 amide bonds. The first kappa shape index (κ1) is 21.9. The first-order chi connectivity index (χ1) is 13.8. The highest BCUT2D eigenvalue weighted by Gasteiger charge is 2.34. The van der Waals surface area contributed by atoms with Gasteiger partial charge >= 0.3 is 0 Å². The van der Waals surface area contributed by atoms with E-state index < -0.39 is 10.0 Å². The van der Waals surface area contributed by atoms with Crippen LogP contribution in [0.1, 0.15) is 25.7 Å². The number of nitrogens with zero attached hydrogens (tertiary/aromatic N) is 2. The molecule has 2 aliphatic heterocycles. The van der Waals surface area contributed by atoms with Gasteiger partial charge in [-0.2, -0.15) is 4.31 Å². The monoisotopic (exact) mass is 425 g/mol. The third-order valence-corrected chi connectivity index (χ3v) is 7.67. The van der Waals surface area contributed by atoms with E-state index in [0.717, 1.165) is 25.9 Å². The van der Waals surface area contributed by atoms with E-state index in [1.807, 2.05) is 0 Å². The molecule has 0 spiro atoms. The Bertz CT molecular complexity index is 821. The number of carbonyl (C=O) groups excluding carboxylic acids is 1. The van der Waals surface area contributed by atoms with Gasteiger partial charge in [0.1, 0.15) is 0 Å². The van der Waals surface area contributed by atoms with Crippen molar-refractivity contribution in [1.82, 2.24) is 14.5 Å². The van der Waals surface area contributed by atoms with Gasteiger partial charge in [-0.05, 0) is 58.0 Å². The Labute approximate surface area is 173 Å². The number of hydrogen-bond donors (Lipinski definition) is 1. The average Bonchev–Trinajstić information content (AvgIpc) is 2.74. The Morgan fingerprint density at radius 2 is 1.76 bits per heavy atom. The fraction of sp³-hybridized carbons (Fsp3) is 0.650. The molecule has 0 saturated carbocycles. The molecule has 0 aliphatic carbocycles. The SMILES string of the molecule is COc1ccc(S(=O)(=O)N2CCC[C@@H](C(=O)NC3CCN(C)CC3)C2)cc1OC. The van der Waals surface area contributed by atoms with E-state index in [2.05, 4.69) is 17.3 Å². The quantitative estimate of drug-likeness (QED) is 0.740. The molecule has 1 atom stereocenters. The number of methoxy groups -OCH3 is 2. The summed E-state index contributed by atoms with van der Waals surface area (Å²) in [6, 6.07) is 4.74. The zero-order valence-corrected chi connectivity index (χ0v) is 18.2. The highest BCUT2D eigenvalue weighted by Crippen LogP contribution is 2.32. The van der Waals surface area contributed by atoms with Crippen LogP contribution in [0, 0.1) is 5.92 Å². The van der Waals surface area contributed by atoms with Crippen LogP contribution in [0.5, 0.6) is 11.5 Å². The number of carbonyl (C=O) groups is 1. The lowest BCUT2D eigenvalue weighted by atomic mass is 9.97. The zero-order chi connectivity index (χ0) is 21.0. The van der Waals surface area contributed by atoms with Gasteiger partial charge in [0.2, 0.25) is 15.9 Å². The summed E-state index contributed by atoms with van der Waals surface area (Å²) in [4.78, 5) is 15.2. The zero-order valence-electron chi connectivity index (χ0n) is 17.4. The summed E-state index contributed by atoms with van der Waals surface area (Å²) >= 11 is 0. The largest absolute Gasteiger partial charge is 0.493 e. The molecular formula is C20H31N3O5S. The normalized spacial score (nSPS) is 22.2. The summed E-state index contributed by atoms with van der Waals surface area (Å²) in [6.45, 7) is 2.55. The van der Waals surface area contributed by atoms with Gasteiger partial charge in [0.05, 0.1) is 25.0 Å². The van der Waals surface area contributed by atoms with Crippen molar-refractivity contribution in [3.05, 3.63) is 18.2 Å². The fourth-order valence-electron chi connectivity index (χ4n) is 3.97. The highest BCUT2D eigenvalue weighted by atomic mass is 32.2. The van der Waals surface area contributed by atoms with E-state index in [0.29, 0.717) is 30.9 Å². The van der Waals surface area contributed by atoms with Crippen LogP contribution in [-0.2, 0) is 14.8 Å². The molecule has 162 valence electrons. The smallest absolute Gasteiger partial charge is 0.243 e. The molecule has 2 fully saturated rings. The van der Waals surface area contributed by atoms with Crippen molar-refractivity contribution in [3.8, 4) is 11.5 Å². The summed E-state index contributed by atoms with van der Waals surface area (Å²) in [5.41, 5.74) is 0. The van der Waals surface area contributed by atoms with Crippen molar-refractivity contribution < 1.29 is 22.7 Å². The molecule has 0 aromatic heterocycles. The minimum atomic E-state index is -3.72. The van der Waals surface area contributed by atoms with Crippen molar-refractivity contribution in [2.45, 2.75) is 36.6 Å². The third kappa shape index (κ3) is 5.02. The van der Waals surface area contributed by atoms with Crippen LogP contribution < -0.4 is 14.8 Å². The van der Waals surface area contributed by atoms with Crippen LogP contribution in [0.3, 0.4) is 0 Å². The summed E-state index contributed by atoms with van der Waals surface area (Å²) in [6.07, 6.45) is 3.24. The number of hydrogen-bond acceptors (Lipinski definition) is 6. The van der Waals surface area contributed by atoms with E-state index in [1.54, 1.807) is 6.07 Å². The molecule has 3 rings (SSSR count). The number of rotatable bonds is 6. The summed E-state index contributed by atoms with van der Waals surface area (Å²) in [5.74, 6) is 0.479. The number of likely N-dealkylation sites (tertiary alicyclic amines) is 1. The average molecular weight is 426 g/mol. The molecule has 29 heavy (non-hydrogen) atoms. The van der Waals surface area contributed by atoms with Crippen molar-refractivity contribution in [3.63, 3.8) is 0 Å². The Hall–Kier alpha value is -1.84. The van der Waals surface area contributed by atoms with Gasteiger partial charge in [-0.3, -0.25) is 4.79 Å². The molecule has 0 unspecified atom stereocenters. The number of amides is 1. The molecule has 1 aromatic carbocycles. The lowest BCUT2D eigenvalue weighted by molar-refractivity contribution is -0.127. The van der Waals surface area contributed by atoms with Crippen LogP contribution in [0.25, 0.3) is 0 Å². The van der Waals surface area contributed by atoms with E-state index >= 15 is 0 Å². The molecule has 1 aromatic rings. The minimum absolute atomic E-state index is 0.0354. The maximum Gasteiger partial charge on any atom is 0.243 e. The van der Waals surface area contributed by atoms with Gasteiger partial charge in [0.25, 0.3) is 0 Å². The predicted molar refractivity (Wildman–Crippen MR) is 110 cm³/mol. The van der Waals surface area contributed by atoms with Crippen LogP contribution in [-0.4, -0.2) is 77.0 Å². The highest BCUT2D eigenvalue weighted by molar-refractivity contribution is 7.89. The second-order valence-electron chi connectivity index (χ2n) is 7.81. The second kappa shape index (κ2) is 9.32. The first-order valence-corrected chi connectivity index (χ1v) is 11.5. The first-order valence-electron chi connectivity index (χ1n) is 10.1. The Morgan fingerprint density at radius 3 is 2.41 bits per heavy atom. The van der Waals surface area contributed by atoms with E-state index in [9.17, 15) is 13.2 Å². The molecule has 2 heterocycles. The topological polar surface area (TPSA) is 88.2 Å². The van der Waals surface area contributed by atoms with E-state index in [-0.39, 0.29) is 29.3 Å². The molecule has 1 N–H and O–H groups in total. The van der Waals surface area contributed by atoms with Gasteiger partial charge in [-0.25, -0.2) is 8.42 Å². The van der Waals surface area contributed by atoms with E-state index in [1.165, 1.54) is 30.7 Å². The predicted octanol–water partition coefficient (Wildman–Crippen LogP) is 1.31.